The largest absolute Gasteiger partial charge is 0.491 e. The molecule has 3 saturated carbocycles. The van der Waals surface area contributed by atoms with Gasteiger partial charge in [-0.3, -0.25) is 0 Å². The van der Waals surface area contributed by atoms with Crippen molar-refractivity contribution >= 4 is 0 Å². The summed E-state index contributed by atoms with van der Waals surface area (Å²) in [5.74, 6) is 6.64. The Morgan fingerprint density at radius 1 is 0.658 bits per heavy atom. The standard InChI is InChI=1S/C10H16.2C9H10O2.C3H8.C2H6.CH4/c1-2-9-7-4-5-8(6-7)10(9)3-1;2*1-2-4-8(5-3-1)10-6-9-7-11-9;1-3-2;1-2;/h7-10H,1-6H2;2*1-5,9H,6-7H2;3H2,1-2H3;1-2H3;1H4. The van der Waals surface area contributed by atoms with Gasteiger partial charge in [0.25, 0.3) is 0 Å². The summed E-state index contributed by atoms with van der Waals surface area (Å²) >= 11 is 0. The van der Waals surface area contributed by atoms with Gasteiger partial charge >= 0.3 is 0 Å². The first kappa shape index (κ1) is 32.2. The highest BCUT2D eigenvalue weighted by Gasteiger charge is 2.48. The Morgan fingerprint density at radius 2 is 1.03 bits per heavy atom. The van der Waals surface area contributed by atoms with E-state index in [0.717, 1.165) is 24.7 Å². The maximum absolute atomic E-state index is 5.40. The van der Waals surface area contributed by atoms with Gasteiger partial charge < -0.3 is 18.9 Å². The van der Waals surface area contributed by atoms with Crippen LogP contribution in [-0.2, 0) is 9.47 Å². The van der Waals surface area contributed by atoms with Gasteiger partial charge in [-0.05, 0) is 80.0 Å². The monoisotopic (exact) mass is 526 g/mol. The van der Waals surface area contributed by atoms with E-state index in [0.29, 0.717) is 25.4 Å². The molecule has 7 rings (SSSR count). The molecule has 214 valence electrons. The van der Waals surface area contributed by atoms with Crippen LogP contribution in [0.5, 0.6) is 11.5 Å². The van der Waals surface area contributed by atoms with Crippen LogP contribution in [0.3, 0.4) is 0 Å². The lowest BCUT2D eigenvalue weighted by molar-refractivity contribution is 0.259. The third-order valence-electron chi connectivity index (χ3n) is 7.51. The molecule has 2 heterocycles. The van der Waals surface area contributed by atoms with Gasteiger partial charge in [0.2, 0.25) is 0 Å². The van der Waals surface area contributed by atoms with E-state index in [9.17, 15) is 0 Å². The first-order valence-corrected chi connectivity index (χ1v) is 14.9. The number of para-hydroxylation sites is 2. The Hall–Kier alpha value is -2.04. The van der Waals surface area contributed by atoms with Crippen molar-refractivity contribution in [2.75, 3.05) is 26.4 Å². The molecule has 2 bridgehead atoms. The summed E-state index contributed by atoms with van der Waals surface area (Å²) in [5, 5.41) is 0. The number of ether oxygens (including phenoxy) is 4. The summed E-state index contributed by atoms with van der Waals surface area (Å²) in [4.78, 5) is 0. The molecule has 2 aromatic carbocycles. The molecule has 5 aliphatic rings. The third kappa shape index (κ3) is 11.4. The van der Waals surface area contributed by atoms with E-state index in [4.69, 9.17) is 18.9 Å². The minimum Gasteiger partial charge on any atom is -0.491 e. The maximum atomic E-state index is 5.40. The van der Waals surface area contributed by atoms with Crippen LogP contribution in [0.15, 0.2) is 60.7 Å². The van der Waals surface area contributed by atoms with Crippen molar-refractivity contribution in [2.24, 2.45) is 23.7 Å². The number of rotatable bonds is 6. The Bertz CT molecular complexity index is 751. The summed E-state index contributed by atoms with van der Waals surface area (Å²) < 4.78 is 20.8. The summed E-state index contributed by atoms with van der Waals surface area (Å²) in [6.07, 6.45) is 11.5. The Morgan fingerprint density at radius 3 is 1.37 bits per heavy atom. The molecule has 5 fully saturated rings. The maximum Gasteiger partial charge on any atom is 0.119 e. The zero-order chi connectivity index (χ0) is 26.3. The van der Waals surface area contributed by atoms with E-state index in [2.05, 4.69) is 13.8 Å². The Kier molecular flexibility index (Phi) is 15.5. The summed E-state index contributed by atoms with van der Waals surface area (Å²) in [6, 6.07) is 19.6. The van der Waals surface area contributed by atoms with Crippen LogP contribution in [0.2, 0.25) is 0 Å². The second-order valence-electron chi connectivity index (χ2n) is 10.5. The number of epoxide rings is 2. The molecular formula is C34H54O4. The molecule has 2 saturated heterocycles. The van der Waals surface area contributed by atoms with Gasteiger partial charge in [-0.1, -0.05) is 84.4 Å². The van der Waals surface area contributed by atoms with Crippen LogP contribution in [-0.4, -0.2) is 38.6 Å². The first-order chi connectivity index (χ1) is 18.3. The van der Waals surface area contributed by atoms with Crippen LogP contribution in [0.4, 0.5) is 0 Å². The van der Waals surface area contributed by atoms with Crippen molar-refractivity contribution in [3.05, 3.63) is 60.7 Å². The van der Waals surface area contributed by atoms with Crippen LogP contribution in [0, 0.1) is 23.7 Å². The van der Waals surface area contributed by atoms with Gasteiger partial charge in [-0.2, -0.15) is 0 Å². The molecular weight excluding hydrogens is 472 g/mol. The fraction of sp³-hybridized carbons (Fsp3) is 0.647. The minimum atomic E-state index is 0. The molecule has 3 aliphatic carbocycles. The van der Waals surface area contributed by atoms with Crippen molar-refractivity contribution < 1.29 is 18.9 Å². The van der Waals surface area contributed by atoms with E-state index in [1.54, 1.807) is 38.5 Å². The zero-order valence-electron chi connectivity index (χ0n) is 23.6. The fourth-order valence-electron chi connectivity index (χ4n) is 5.76. The van der Waals surface area contributed by atoms with Crippen molar-refractivity contribution in [2.45, 2.75) is 92.3 Å². The van der Waals surface area contributed by atoms with Gasteiger partial charge in [0.05, 0.1) is 13.2 Å². The van der Waals surface area contributed by atoms with E-state index < -0.39 is 0 Å². The molecule has 4 nitrogen and oxygen atoms in total. The molecule has 2 aromatic rings. The van der Waals surface area contributed by atoms with E-state index in [1.165, 1.54) is 30.1 Å². The van der Waals surface area contributed by atoms with Gasteiger partial charge in [-0.15, -0.1) is 0 Å². The molecule has 6 atom stereocenters. The molecule has 4 heteroatoms. The van der Waals surface area contributed by atoms with Crippen LogP contribution >= 0.6 is 0 Å². The summed E-state index contributed by atoms with van der Waals surface area (Å²) in [5.41, 5.74) is 0. The molecule has 0 N–H and O–H groups in total. The van der Waals surface area contributed by atoms with Gasteiger partial charge in [0, 0.05) is 0 Å². The molecule has 38 heavy (non-hydrogen) atoms. The van der Waals surface area contributed by atoms with Gasteiger partial charge in [-0.25, -0.2) is 0 Å². The third-order valence-corrected chi connectivity index (χ3v) is 7.51. The molecule has 0 spiro atoms. The number of benzene rings is 2. The molecule has 0 radical (unpaired) electrons. The second kappa shape index (κ2) is 18.3. The van der Waals surface area contributed by atoms with Crippen molar-refractivity contribution in [3.63, 3.8) is 0 Å². The normalized spacial score (nSPS) is 28.1. The highest BCUT2D eigenvalue weighted by Crippen LogP contribution is 2.58. The number of hydrogen-bond acceptors (Lipinski definition) is 4. The lowest BCUT2D eigenvalue weighted by Gasteiger charge is -2.23. The van der Waals surface area contributed by atoms with E-state index in [-0.39, 0.29) is 7.43 Å². The van der Waals surface area contributed by atoms with Crippen LogP contribution in [0.1, 0.15) is 80.1 Å². The fourth-order valence-corrected chi connectivity index (χ4v) is 5.76. The van der Waals surface area contributed by atoms with Crippen molar-refractivity contribution in [1.82, 2.24) is 0 Å². The molecule has 6 unspecified atom stereocenters. The predicted octanol–water partition coefficient (Wildman–Crippen LogP) is 8.84. The number of hydrogen-bond donors (Lipinski definition) is 0. The topological polar surface area (TPSA) is 43.5 Å². The highest BCUT2D eigenvalue weighted by atomic mass is 16.6. The smallest absolute Gasteiger partial charge is 0.119 e. The Labute approximate surface area is 233 Å². The second-order valence-corrected chi connectivity index (χ2v) is 10.5. The predicted molar refractivity (Wildman–Crippen MR) is 159 cm³/mol. The average molecular weight is 527 g/mol. The zero-order valence-corrected chi connectivity index (χ0v) is 23.6. The molecule has 0 amide bonds. The lowest BCUT2D eigenvalue weighted by atomic mass is 9.82. The van der Waals surface area contributed by atoms with Gasteiger partial charge in [0.1, 0.15) is 36.9 Å². The molecule has 0 aromatic heterocycles. The lowest BCUT2D eigenvalue weighted by Crippen LogP contribution is -2.15. The van der Waals surface area contributed by atoms with Gasteiger partial charge in [0.15, 0.2) is 0 Å². The quantitative estimate of drug-likeness (QED) is 0.353. The molecule has 2 aliphatic heterocycles. The van der Waals surface area contributed by atoms with Crippen LogP contribution < -0.4 is 9.47 Å². The highest BCUT2D eigenvalue weighted by molar-refractivity contribution is 5.21. The SMILES string of the molecule is C.C1CC2C3CCC(C3)C2C1.CC.CCC.c1ccc(OCC2CO2)cc1.c1ccc(OCC2CO2)cc1. The average Bonchev–Trinajstić information content (AvgIpc) is 3.83. The van der Waals surface area contributed by atoms with E-state index >= 15 is 0 Å². The van der Waals surface area contributed by atoms with Crippen molar-refractivity contribution in [1.29, 1.82) is 0 Å². The Balaban J connectivity index is 0.000000182. The summed E-state index contributed by atoms with van der Waals surface area (Å²) in [7, 11) is 0. The van der Waals surface area contributed by atoms with E-state index in [1.807, 2.05) is 74.5 Å². The minimum absolute atomic E-state index is 0. The van der Waals surface area contributed by atoms with Crippen LogP contribution in [0.25, 0.3) is 0 Å². The number of fused-ring (bicyclic) bond motifs is 5. The van der Waals surface area contributed by atoms with Crippen molar-refractivity contribution in [3.8, 4) is 11.5 Å². The summed E-state index contributed by atoms with van der Waals surface area (Å²) in [6.45, 7) is 11.3. The first-order valence-electron chi connectivity index (χ1n) is 14.9.